The molecule has 0 aliphatic carbocycles. The van der Waals surface area contributed by atoms with Crippen LogP contribution in [0, 0.1) is 0 Å². The normalized spacial score (nSPS) is 9.95. The first kappa shape index (κ1) is 16.8. The van der Waals surface area contributed by atoms with E-state index in [-0.39, 0.29) is 0 Å². The number of carboxylic acid groups (broad SMARTS) is 1. The van der Waals surface area contributed by atoms with E-state index in [0.717, 1.165) is 10.5 Å². The van der Waals surface area contributed by atoms with E-state index in [1.165, 1.54) is 0 Å². The number of urea groups is 1. The number of amides is 3. The summed E-state index contributed by atoms with van der Waals surface area (Å²) in [5.41, 5.74) is 5.95. The molecule has 7 nitrogen and oxygen atoms in total. The molecule has 0 spiro atoms. The van der Waals surface area contributed by atoms with Gasteiger partial charge in [-0.25, -0.2) is 4.79 Å². The van der Waals surface area contributed by atoms with E-state index >= 15 is 0 Å². The number of aliphatic carboxylic acids is 1. The number of rotatable bonds is 7. The molecule has 0 radical (unpaired) electrons. The highest BCUT2D eigenvalue weighted by Gasteiger charge is 2.18. The Morgan fingerprint density at radius 3 is 2.33 bits per heavy atom. The lowest BCUT2D eigenvalue weighted by Gasteiger charge is -2.19. The maximum absolute atomic E-state index is 11.8. The van der Waals surface area contributed by atoms with Gasteiger partial charge in [0.05, 0.1) is 0 Å². The van der Waals surface area contributed by atoms with E-state index in [1.807, 2.05) is 12.1 Å². The first-order valence-corrected chi connectivity index (χ1v) is 6.53. The molecule has 1 aromatic rings. The van der Waals surface area contributed by atoms with Crippen molar-refractivity contribution in [2.45, 2.75) is 6.42 Å². The monoisotopic (exact) mass is 313 g/mol. The molecule has 1 aromatic carbocycles. The van der Waals surface area contributed by atoms with Crippen LogP contribution in [0.5, 0.6) is 0 Å². The molecule has 0 saturated heterocycles. The molecule has 8 heteroatoms. The molecule has 4 N–H and O–H groups in total. The van der Waals surface area contributed by atoms with Crippen LogP contribution in [0.1, 0.15) is 5.56 Å². The van der Waals surface area contributed by atoms with E-state index < -0.39 is 31.0 Å². The molecule has 114 valence electrons. The zero-order valence-corrected chi connectivity index (χ0v) is 12.0. The highest BCUT2D eigenvalue weighted by Crippen LogP contribution is 2.09. The smallest absolute Gasteiger partial charge is 0.323 e. The molecule has 21 heavy (non-hydrogen) atoms. The standard InChI is InChI=1S/C13H16ClN3O4/c14-10-3-1-9(2-4-10)5-6-16-13(21)17(7-11(15)18)8-12(19)20/h1-4H,5-8H2,(H2,15,18)(H,16,21)(H,19,20). The minimum absolute atomic E-state index is 0.301. The average molecular weight is 314 g/mol. The van der Waals surface area contributed by atoms with Crippen molar-refractivity contribution in [3.63, 3.8) is 0 Å². The second-order valence-electron chi connectivity index (χ2n) is 4.32. The molecule has 0 unspecified atom stereocenters. The van der Waals surface area contributed by atoms with Gasteiger partial charge in [-0.05, 0) is 24.1 Å². The molecular formula is C13H16ClN3O4. The van der Waals surface area contributed by atoms with Gasteiger partial charge < -0.3 is 21.1 Å². The van der Waals surface area contributed by atoms with Crippen LogP contribution in [-0.2, 0) is 16.0 Å². The van der Waals surface area contributed by atoms with Crippen molar-refractivity contribution < 1.29 is 19.5 Å². The Morgan fingerprint density at radius 1 is 1.19 bits per heavy atom. The van der Waals surface area contributed by atoms with Gasteiger partial charge >= 0.3 is 12.0 Å². The van der Waals surface area contributed by atoms with E-state index in [1.54, 1.807) is 12.1 Å². The van der Waals surface area contributed by atoms with Crippen molar-refractivity contribution in [3.8, 4) is 0 Å². The Labute approximate surface area is 126 Å². The fourth-order valence-electron chi connectivity index (χ4n) is 1.63. The van der Waals surface area contributed by atoms with Crippen LogP contribution in [-0.4, -0.2) is 47.5 Å². The molecule has 0 aromatic heterocycles. The number of carbonyl (C=O) groups excluding carboxylic acids is 2. The number of halogens is 1. The summed E-state index contributed by atoms with van der Waals surface area (Å²) in [6, 6.07) is 6.48. The SMILES string of the molecule is NC(=O)CN(CC(=O)O)C(=O)NCCc1ccc(Cl)cc1. The maximum Gasteiger partial charge on any atom is 0.323 e. The van der Waals surface area contributed by atoms with Crippen molar-refractivity contribution in [3.05, 3.63) is 34.9 Å². The minimum Gasteiger partial charge on any atom is -0.480 e. The molecule has 0 heterocycles. The van der Waals surface area contributed by atoms with Gasteiger partial charge in [-0.2, -0.15) is 0 Å². The highest BCUT2D eigenvalue weighted by molar-refractivity contribution is 6.30. The third-order valence-corrected chi connectivity index (χ3v) is 2.82. The van der Waals surface area contributed by atoms with Crippen LogP contribution in [0.4, 0.5) is 4.79 Å². The molecule has 0 bridgehead atoms. The van der Waals surface area contributed by atoms with Crippen molar-refractivity contribution in [1.29, 1.82) is 0 Å². The second-order valence-corrected chi connectivity index (χ2v) is 4.76. The molecule has 0 fully saturated rings. The summed E-state index contributed by atoms with van der Waals surface area (Å²) in [4.78, 5) is 34.1. The third kappa shape index (κ3) is 6.62. The first-order chi connectivity index (χ1) is 9.88. The van der Waals surface area contributed by atoms with Crippen LogP contribution in [0.2, 0.25) is 5.02 Å². The predicted molar refractivity (Wildman–Crippen MR) is 77.0 cm³/mol. The van der Waals surface area contributed by atoms with Crippen LogP contribution in [0.25, 0.3) is 0 Å². The number of hydrogen-bond acceptors (Lipinski definition) is 3. The molecule has 0 aliphatic rings. The fraction of sp³-hybridized carbons (Fsp3) is 0.308. The van der Waals surface area contributed by atoms with E-state index in [2.05, 4.69) is 5.32 Å². The number of nitrogens with two attached hydrogens (primary N) is 1. The Balaban J connectivity index is 2.47. The Bertz CT molecular complexity index is 503. The number of carboxylic acids is 1. The fourth-order valence-corrected chi connectivity index (χ4v) is 1.75. The van der Waals surface area contributed by atoms with E-state index in [9.17, 15) is 14.4 Å². The van der Waals surface area contributed by atoms with Crippen molar-refractivity contribution >= 4 is 29.5 Å². The summed E-state index contributed by atoms with van der Waals surface area (Å²) < 4.78 is 0. The third-order valence-electron chi connectivity index (χ3n) is 2.56. The molecule has 1 rings (SSSR count). The number of primary amides is 1. The number of nitrogens with one attached hydrogen (secondary N) is 1. The van der Waals surface area contributed by atoms with Crippen LogP contribution in [0.3, 0.4) is 0 Å². The van der Waals surface area contributed by atoms with Gasteiger partial charge in [0.15, 0.2) is 0 Å². The predicted octanol–water partition coefficient (Wildman–Crippen LogP) is 0.464. The minimum atomic E-state index is -1.22. The molecule has 0 saturated carbocycles. The highest BCUT2D eigenvalue weighted by atomic mass is 35.5. The Morgan fingerprint density at radius 2 is 1.81 bits per heavy atom. The summed E-state index contributed by atoms with van der Waals surface area (Å²) in [7, 11) is 0. The Hall–Kier alpha value is -2.28. The van der Waals surface area contributed by atoms with Gasteiger partial charge in [-0.1, -0.05) is 23.7 Å². The lowest BCUT2D eigenvalue weighted by molar-refractivity contribution is -0.137. The summed E-state index contributed by atoms with van der Waals surface area (Å²) in [6.45, 7) is -0.732. The summed E-state index contributed by atoms with van der Waals surface area (Å²) >= 11 is 5.76. The lowest BCUT2D eigenvalue weighted by Crippen LogP contribution is -2.47. The number of carbonyl (C=O) groups is 3. The first-order valence-electron chi connectivity index (χ1n) is 6.16. The van der Waals surface area contributed by atoms with Gasteiger partial charge in [0.2, 0.25) is 5.91 Å². The van der Waals surface area contributed by atoms with Crippen molar-refractivity contribution in [2.24, 2.45) is 5.73 Å². The van der Waals surface area contributed by atoms with Gasteiger partial charge in [0.1, 0.15) is 13.1 Å². The van der Waals surface area contributed by atoms with Crippen LogP contribution < -0.4 is 11.1 Å². The zero-order valence-electron chi connectivity index (χ0n) is 11.2. The summed E-state index contributed by atoms with van der Waals surface area (Å²) in [5, 5.41) is 11.9. The number of hydrogen-bond donors (Lipinski definition) is 3. The van der Waals surface area contributed by atoms with E-state index in [0.29, 0.717) is 18.0 Å². The van der Waals surface area contributed by atoms with Crippen LogP contribution >= 0.6 is 11.6 Å². The number of nitrogens with zero attached hydrogens (tertiary/aromatic N) is 1. The van der Waals surface area contributed by atoms with Gasteiger partial charge in [0, 0.05) is 11.6 Å². The molecule has 3 amide bonds. The maximum atomic E-state index is 11.8. The van der Waals surface area contributed by atoms with Gasteiger partial charge in [0.25, 0.3) is 0 Å². The summed E-state index contributed by atoms with van der Waals surface area (Å²) in [5.74, 6) is -1.99. The Kier molecular flexibility index (Phi) is 6.48. The topological polar surface area (TPSA) is 113 Å². The average Bonchev–Trinajstić information content (AvgIpc) is 2.39. The van der Waals surface area contributed by atoms with E-state index in [4.69, 9.17) is 22.4 Å². The quantitative estimate of drug-likeness (QED) is 0.679. The van der Waals surface area contributed by atoms with Gasteiger partial charge in [-0.15, -0.1) is 0 Å². The second kappa shape index (κ2) is 8.11. The van der Waals surface area contributed by atoms with Crippen LogP contribution in [0.15, 0.2) is 24.3 Å². The molecular weight excluding hydrogens is 298 g/mol. The largest absolute Gasteiger partial charge is 0.480 e. The zero-order chi connectivity index (χ0) is 15.8. The number of benzene rings is 1. The molecule has 0 aliphatic heterocycles. The van der Waals surface area contributed by atoms with Crippen molar-refractivity contribution in [1.82, 2.24) is 10.2 Å². The molecule has 0 atom stereocenters. The summed E-state index contributed by atoms with van der Waals surface area (Å²) in [6.07, 6.45) is 0.556. The van der Waals surface area contributed by atoms with Crippen molar-refractivity contribution in [2.75, 3.05) is 19.6 Å². The van der Waals surface area contributed by atoms with Gasteiger partial charge in [-0.3, -0.25) is 9.59 Å². The lowest BCUT2D eigenvalue weighted by atomic mass is 10.1.